The van der Waals surface area contributed by atoms with E-state index in [0.717, 1.165) is 24.5 Å². The van der Waals surface area contributed by atoms with Crippen LogP contribution in [0.25, 0.3) is 0 Å². The summed E-state index contributed by atoms with van der Waals surface area (Å²) in [5.41, 5.74) is 6.82. The number of nitrogens with two attached hydrogens (primary N) is 1. The van der Waals surface area contributed by atoms with Gasteiger partial charge in [-0.3, -0.25) is 9.69 Å². The molecule has 1 aromatic carbocycles. The first-order valence-corrected chi connectivity index (χ1v) is 14.2. The molecule has 5 atom stereocenters. The Kier molecular flexibility index (Phi) is 8.65. The Morgan fingerprint density at radius 1 is 1.23 bits per heavy atom. The Labute approximate surface area is 234 Å². The minimum atomic E-state index is -1.14. The van der Waals surface area contributed by atoms with Gasteiger partial charge in [0, 0.05) is 31.6 Å². The van der Waals surface area contributed by atoms with Crippen LogP contribution in [-0.2, 0) is 9.53 Å². The van der Waals surface area contributed by atoms with Gasteiger partial charge in [0.05, 0.1) is 24.3 Å². The number of quaternary nitrogens is 1. The van der Waals surface area contributed by atoms with E-state index in [1.807, 2.05) is 65.7 Å². The number of carbonyl (C=O) groups is 1. The molecular weight excluding hydrogens is 516 g/mol. The number of benzene rings is 1. The molecule has 3 aliphatic heterocycles. The van der Waals surface area contributed by atoms with Crippen molar-refractivity contribution < 1.29 is 23.7 Å². The number of ether oxygens (including phenoxy) is 1. The SMILES string of the molecule is CCN(CC)C1=C[NH2+]NN1CC1OC1N1C[C@H](F)C[C@H]1C(=O)N[C@@H](c1ccccc1)c1ccc(C(C)C)c(F)n1. The summed E-state index contributed by atoms with van der Waals surface area (Å²) in [6.45, 7) is 10.5. The summed E-state index contributed by atoms with van der Waals surface area (Å²) in [5.74, 6) is 0.176. The van der Waals surface area contributed by atoms with E-state index in [9.17, 15) is 13.6 Å². The van der Waals surface area contributed by atoms with Crippen LogP contribution in [-0.4, -0.2) is 76.4 Å². The molecule has 216 valence electrons. The van der Waals surface area contributed by atoms with E-state index in [2.05, 4.69) is 34.6 Å². The fourth-order valence-electron chi connectivity index (χ4n) is 5.68. The standard InChI is InChI=1S/C29H39F2N7O2/c1-5-36(6-2)25-15-32-35-38(25)17-24-29(40-24)37-16-20(30)14-23(37)28(39)34-26(19-10-8-7-9-11-19)22-13-12-21(18(3)4)27(31)33-22/h7-13,15,18,20,23-24,26,29,32,35H,5-6,14,16-17H2,1-4H3,(H,34,39)/p+1/t20-,23+,24?,26+,29?/m1/s1. The van der Waals surface area contributed by atoms with Gasteiger partial charge in [-0.1, -0.05) is 55.8 Å². The lowest BCUT2D eigenvalue weighted by Gasteiger charge is -2.28. The molecular formula is C29H40F2N7O2+. The summed E-state index contributed by atoms with van der Waals surface area (Å²) >= 11 is 0. The van der Waals surface area contributed by atoms with Gasteiger partial charge < -0.3 is 15.0 Å². The highest BCUT2D eigenvalue weighted by Gasteiger charge is 2.53. The third-order valence-corrected chi connectivity index (χ3v) is 7.90. The van der Waals surface area contributed by atoms with E-state index in [1.54, 1.807) is 12.1 Å². The molecule has 11 heteroatoms. The van der Waals surface area contributed by atoms with Crippen LogP contribution in [0.2, 0.25) is 0 Å². The molecule has 2 unspecified atom stereocenters. The average Bonchev–Trinajstić information content (AvgIpc) is 3.35. The lowest BCUT2D eigenvalue weighted by atomic mass is 9.99. The zero-order valence-electron chi connectivity index (χ0n) is 23.6. The van der Waals surface area contributed by atoms with Gasteiger partial charge in [0.15, 0.2) is 12.0 Å². The van der Waals surface area contributed by atoms with E-state index < -0.39 is 24.2 Å². The molecule has 0 bridgehead atoms. The fourth-order valence-corrected chi connectivity index (χ4v) is 5.68. The number of nitrogens with zero attached hydrogens (tertiary/aromatic N) is 4. The van der Waals surface area contributed by atoms with Gasteiger partial charge in [0.1, 0.15) is 18.5 Å². The van der Waals surface area contributed by atoms with Crippen molar-refractivity contribution in [3.63, 3.8) is 0 Å². The maximum Gasteiger partial charge on any atom is 0.238 e. The van der Waals surface area contributed by atoms with Crippen LogP contribution in [0, 0.1) is 5.95 Å². The molecule has 1 amide bonds. The Hall–Kier alpha value is -3.12. The highest BCUT2D eigenvalue weighted by atomic mass is 19.1. The molecule has 9 nitrogen and oxygen atoms in total. The summed E-state index contributed by atoms with van der Waals surface area (Å²) in [5, 5.41) is 5.08. The molecule has 2 saturated heterocycles. The van der Waals surface area contributed by atoms with Crippen molar-refractivity contribution in [2.45, 2.75) is 70.6 Å². The molecule has 1 aromatic heterocycles. The lowest BCUT2D eigenvalue weighted by molar-refractivity contribution is -0.661. The first-order chi connectivity index (χ1) is 19.3. The largest absolute Gasteiger partial charge is 0.353 e. The maximum atomic E-state index is 14.9. The summed E-state index contributed by atoms with van der Waals surface area (Å²) in [6, 6.07) is 11.4. The minimum Gasteiger partial charge on any atom is -0.353 e. The van der Waals surface area contributed by atoms with E-state index in [0.29, 0.717) is 17.8 Å². The molecule has 40 heavy (non-hydrogen) atoms. The molecule has 2 aromatic rings. The van der Waals surface area contributed by atoms with Crippen LogP contribution in [0.1, 0.15) is 62.9 Å². The number of hydrogen-bond donors (Lipinski definition) is 3. The van der Waals surface area contributed by atoms with Crippen molar-refractivity contribution in [1.82, 2.24) is 30.6 Å². The molecule has 5 rings (SSSR count). The van der Waals surface area contributed by atoms with Crippen LogP contribution in [0.3, 0.4) is 0 Å². The monoisotopic (exact) mass is 556 g/mol. The van der Waals surface area contributed by atoms with Crippen LogP contribution in [0.5, 0.6) is 0 Å². The number of nitrogens with one attached hydrogen (secondary N) is 2. The van der Waals surface area contributed by atoms with Gasteiger partial charge in [-0.2, -0.15) is 4.39 Å². The fraction of sp³-hybridized carbons (Fsp3) is 0.517. The molecule has 0 saturated carbocycles. The molecule has 4 N–H and O–H groups in total. The highest BCUT2D eigenvalue weighted by molar-refractivity contribution is 5.83. The third kappa shape index (κ3) is 5.97. The lowest BCUT2D eigenvalue weighted by Crippen LogP contribution is -2.87. The number of hydrogen-bond acceptors (Lipinski definition) is 7. The maximum absolute atomic E-state index is 14.9. The number of aromatic nitrogens is 1. The van der Waals surface area contributed by atoms with Gasteiger partial charge in [-0.15, -0.1) is 0 Å². The summed E-state index contributed by atoms with van der Waals surface area (Å²) in [7, 11) is 0. The van der Waals surface area contributed by atoms with Crippen molar-refractivity contribution in [2.75, 3.05) is 26.2 Å². The van der Waals surface area contributed by atoms with Gasteiger partial charge >= 0.3 is 0 Å². The van der Waals surface area contributed by atoms with Crippen molar-refractivity contribution in [3.8, 4) is 0 Å². The number of carbonyl (C=O) groups excluding carboxylic acids is 1. The second-order valence-corrected chi connectivity index (χ2v) is 10.8. The molecule has 0 spiro atoms. The Balaban J connectivity index is 1.30. The zero-order chi connectivity index (χ0) is 28.4. The molecule has 0 radical (unpaired) electrons. The topological polar surface area (TPSA) is 92.9 Å². The van der Waals surface area contributed by atoms with E-state index in [1.165, 1.54) is 0 Å². The first-order valence-electron chi connectivity index (χ1n) is 14.2. The minimum absolute atomic E-state index is 0.0152. The van der Waals surface area contributed by atoms with Gasteiger partial charge in [-0.25, -0.2) is 19.8 Å². The predicted octanol–water partition coefficient (Wildman–Crippen LogP) is 2.13. The average molecular weight is 557 g/mol. The number of halogens is 2. The Bertz CT molecular complexity index is 1210. The third-order valence-electron chi connectivity index (χ3n) is 7.90. The van der Waals surface area contributed by atoms with Crippen molar-refractivity contribution in [1.29, 1.82) is 0 Å². The van der Waals surface area contributed by atoms with Crippen LogP contribution in [0.4, 0.5) is 8.78 Å². The number of alkyl halides is 1. The van der Waals surface area contributed by atoms with Gasteiger partial charge in [0.2, 0.25) is 11.9 Å². The van der Waals surface area contributed by atoms with E-state index >= 15 is 0 Å². The smallest absolute Gasteiger partial charge is 0.238 e. The molecule has 3 aliphatic rings. The molecule has 2 fully saturated rings. The van der Waals surface area contributed by atoms with Crippen LogP contribution >= 0.6 is 0 Å². The Morgan fingerprint density at radius 3 is 2.65 bits per heavy atom. The first kappa shape index (κ1) is 28.4. The summed E-state index contributed by atoms with van der Waals surface area (Å²) < 4.78 is 35.6. The summed E-state index contributed by atoms with van der Waals surface area (Å²) in [4.78, 5) is 22.0. The van der Waals surface area contributed by atoms with Crippen molar-refractivity contribution in [3.05, 3.63) is 77.3 Å². The predicted molar refractivity (Wildman–Crippen MR) is 146 cm³/mol. The normalized spacial score (nSPS) is 25.3. The van der Waals surface area contributed by atoms with Crippen LogP contribution < -0.4 is 16.3 Å². The number of amides is 1. The number of epoxide rings is 1. The van der Waals surface area contributed by atoms with E-state index in [4.69, 9.17) is 4.74 Å². The number of pyridine rings is 1. The highest BCUT2D eigenvalue weighted by Crippen LogP contribution is 2.35. The molecule has 4 heterocycles. The summed E-state index contributed by atoms with van der Waals surface area (Å²) in [6.07, 6.45) is 0.452. The van der Waals surface area contributed by atoms with Crippen molar-refractivity contribution in [2.24, 2.45) is 0 Å². The van der Waals surface area contributed by atoms with E-state index in [-0.39, 0.29) is 37.1 Å². The number of rotatable bonds is 11. The van der Waals surface area contributed by atoms with Gasteiger partial charge in [0.25, 0.3) is 0 Å². The zero-order valence-corrected chi connectivity index (χ0v) is 23.6. The molecule has 0 aliphatic carbocycles. The second-order valence-electron chi connectivity index (χ2n) is 10.8. The Morgan fingerprint density at radius 2 is 1.98 bits per heavy atom. The quantitative estimate of drug-likeness (QED) is 0.222. The number of hydrazine groups is 1. The van der Waals surface area contributed by atoms with Gasteiger partial charge in [-0.05, 0) is 31.4 Å². The second kappa shape index (κ2) is 12.2. The number of likely N-dealkylation sites (tertiary alicyclic amines) is 1. The van der Waals surface area contributed by atoms with Crippen LogP contribution in [0.15, 0.2) is 54.5 Å². The van der Waals surface area contributed by atoms with Crippen molar-refractivity contribution >= 4 is 5.91 Å².